The number of rotatable bonds is 52. The molecule has 0 heterocycles. The molecule has 0 aliphatic rings. The van der Waals surface area contributed by atoms with Crippen molar-refractivity contribution >= 4 is 17.9 Å². The summed E-state index contributed by atoms with van der Waals surface area (Å²) in [4.78, 5) is 38.2. The van der Waals surface area contributed by atoms with Crippen LogP contribution in [-0.4, -0.2) is 37.2 Å². The van der Waals surface area contributed by atoms with Gasteiger partial charge in [0.2, 0.25) is 0 Å². The third-order valence-corrected chi connectivity index (χ3v) is 12.5. The van der Waals surface area contributed by atoms with Gasteiger partial charge < -0.3 is 14.2 Å². The number of hydrogen-bond donors (Lipinski definition) is 0. The Kier molecular flexibility index (Phi) is 53.3. The summed E-state index contributed by atoms with van der Waals surface area (Å²) in [5.41, 5.74) is 0. The topological polar surface area (TPSA) is 78.9 Å². The van der Waals surface area contributed by atoms with Gasteiger partial charge in [0.1, 0.15) is 13.2 Å². The molecule has 0 bridgehead atoms. The predicted molar refractivity (Wildman–Crippen MR) is 288 cm³/mol. The monoisotopic (exact) mass is 937 g/mol. The van der Waals surface area contributed by atoms with Crippen LogP contribution in [-0.2, 0) is 28.6 Å². The fourth-order valence-corrected chi connectivity index (χ4v) is 8.19. The normalized spacial score (nSPS) is 12.5. The number of unbranched alkanes of at least 4 members (excludes halogenated alkanes) is 31. The van der Waals surface area contributed by atoms with E-state index in [1.165, 1.54) is 148 Å². The lowest BCUT2D eigenvalue weighted by Crippen LogP contribution is -2.30. The van der Waals surface area contributed by atoms with E-state index in [0.29, 0.717) is 19.3 Å². The smallest absolute Gasteiger partial charge is 0.306 e. The molecule has 388 valence electrons. The van der Waals surface area contributed by atoms with Crippen LogP contribution in [0.5, 0.6) is 0 Å². The van der Waals surface area contributed by atoms with Gasteiger partial charge in [0.25, 0.3) is 0 Å². The van der Waals surface area contributed by atoms with Gasteiger partial charge in [0.15, 0.2) is 6.10 Å². The van der Waals surface area contributed by atoms with Crippen LogP contribution in [0.25, 0.3) is 0 Å². The van der Waals surface area contributed by atoms with E-state index in [4.69, 9.17) is 14.2 Å². The van der Waals surface area contributed by atoms with E-state index in [1.807, 2.05) is 0 Å². The first-order chi connectivity index (χ1) is 33.0. The summed E-state index contributed by atoms with van der Waals surface area (Å²) in [5, 5.41) is 0. The second-order valence-electron chi connectivity index (χ2n) is 19.2. The average molecular weight is 938 g/mol. The molecule has 0 aromatic rings. The van der Waals surface area contributed by atoms with Gasteiger partial charge in [0, 0.05) is 19.3 Å². The second kappa shape index (κ2) is 55.7. The lowest BCUT2D eigenvalue weighted by atomic mass is 10.0. The zero-order chi connectivity index (χ0) is 48.6. The van der Waals surface area contributed by atoms with Crippen molar-refractivity contribution in [1.82, 2.24) is 0 Å². The van der Waals surface area contributed by atoms with E-state index in [2.05, 4.69) is 81.5 Å². The number of carbonyl (C=O) groups excluding carboxylic acids is 3. The largest absolute Gasteiger partial charge is 0.462 e. The molecule has 0 radical (unpaired) electrons. The Hall–Kier alpha value is -2.89. The van der Waals surface area contributed by atoms with E-state index in [-0.39, 0.29) is 31.1 Å². The summed E-state index contributed by atoms with van der Waals surface area (Å²) >= 11 is 0. The molecule has 0 aromatic heterocycles. The molecule has 67 heavy (non-hydrogen) atoms. The lowest BCUT2D eigenvalue weighted by molar-refractivity contribution is -0.167. The Balaban J connectivity index is 4.37. The number of allylic oxidation sites excluding steroid dienone is 10. The van der Waals surface area contributed by atoms with Gasteiger partial charge in [-0.1, -0.05) is 248 Å². The van der Waals surface area contributed by atoms with E-state index in [1.54, 1.807) is 0 Å². The highest BCUT2D eigenvalue weighted by atomic mass is 16.6. The molecule has 1 atom stereocenters. The van der Waals surface area contributed by atoms with Gasteiger partial charge in [-0.25, -0.2) is 0 Å². The van der Waals surface area contributed by atoms with Crippen LogP contribution in [0.15, 0.2) is 60.8 Å². The molecule has 0 N–H and O–H groups in total. The SMILES string of the molecule is CC/C=C\C/C=C\C/C=C\CCCCCCCC(=O)OC(COC(=O)CCCCCCCCCCC/C=C\C/C=C\CCCCC)COC(=O)CCCCCCCCCCCCCCCCC. The molecule has 1 unspecified atom stereocenters. The molecule has 0 aromatic carbocycles. The second-order valence-corrected chi connectivity index (χ2v) is 19.2. The Morgan fingerprint density at radius 2 is 0.582 bits per heavy atom. The van der Waals surface area contributed by atoms with E-state index in [9.17, 15) is 14.4 Å². The van der Waals surface area contributed by atoms with Gasteiger partial charge >= 0.3 is 17.9 Å². The van der Waals surface area contributed by atoms with Crippen LogP contribution in [0.3, 0.4) is 0 Å². The molecule has 0 saturated carbocycles. The van der Waals surface area contributed by atoms with Crippen molar-refractivity contribution in [2.75, 3.05) is 13.2 Å². The number of carbonyl (C=O) groups is 3. The Labute approximate surface area is 415 Å². The summed E-state index contributed by atoms with van der Waals surface area (Å²) in [7, 11) is 0. The molecule has 6 nitrogen and oxygen atoms in total. The minimum atomic E-state index is -0.783. The maximum absolute atomic E-state index is 12.8. The molecule has 0 fully saturated rings. The third-order valence-electron chi connectivity index (χ3n) is 12.5. The van der Waals surface area contributed by atoms with Crippen LogP contribution < -0.4 is 0 Å². The van der Waals surface area contributed by atoms with Crippen molar-refractivity contribution in [1.29, 1.82) is 0 Å². The van der Waals surface area contributed by atoms with Crippen LogP contribution >= 0.6 is 0 Å². The minimum Gasteiger partial charge on any atom is -0.462 e. The van der Waals surface area contributed by atoms with Crippen molar-refractivity contribution in [3.05, 3.63) is 60.8 Å². The molecule has 6 heteroatoms. The Bertz CT molecular complexity index is 1210. The fraction of sp³-hybridized carbons (Fsp3) is 0.787. The van der Waals surface area contributed by atoms with Crippen molar-refractivity contribution in [3.63, 3.8) is 0 Å². The highest BCUT2D eigenvalue weighted by Crippen LogP contribution is 2.16. The molecule has 0 rings (SSSR count). The van der Waals surface area contributed by atoms with E-state index in [0.717, 1.165) is 103 Å². The lowest BCUT2D eigenvalue weighted by Gasteiger charge is -2.18. The number of esters is 3. The first kappa shape index (κ1) is 64.1. The molecule has 0 saturated heterocycles. The summed E-state index contributed by atoms with van der Waals surface area (Å²) in [6.07, 6.45) is 69.2. The standard InChI is InChI=1S/C61H108O6/c1-4-7-10-13-16-19-22-25-28-29-30-31-34-36-39-42-45-48-51-54-60(63)66-57-58(67-61(64)55-52-49-46-43-40-37-33-27-24-21-18-15-12-9-6-3)56-65-59(62)53-50-47-44-41-38-35-32-26-23-20-17-14-11-8-5-2/h9,12,16,18-19,21,25,27-28,33,58H,4-8,10-11,13-15,17,20,22-24,26,29-32,34-57H2,1-3H3/b12-9-,19-16-,21-18-,28-25-,33-27-. The maximum Gasteiger partial charge on any atom is 0.306 e. The van der Waals surface area contributed by atoms with Crippen molar-refractivity contribution in [3.8, 4) is 0 Å². The van der Waals surface area contributed by atoms with Gasteiger partial charge in [-0.3, -0.25) is 14.4 Å². The first-order valence-corrected chi connectivity index (χ1v) is 28.8. The zero-order valence-electron chi connectivity index (χ0n) is 44.4. The zero-order valence-corrected chi connectivity index (χ0v) is 44.4. The molecular formula is C61H108O6. The van der Waals surface area contributed by atoms with Crippen LogP contribution in [0.1, 0.15) is 290 Å². The Morgan fingerprint density at radius 1 is 0.313 bits per heavy atom. The summed E-state index contributed by atoms with van der Waals surface area (Å²) in [6.45, 7) is 6.52. The highest BCUT2D eigenvalue weighted by molar-refractivity contribution is 5.71. The fourth-order valence-electron chi connectivity index (χ4n) is 8.19. The van der Waals surface area contributed by atoms with E-state index < -0.39 is 6.10 Å². The van der Waals surface area contributed by atoms with Gasteiger partial charge in [0.05, 0.1) is 0 Å². The number of hydrogen-bond acceptors (Lipinski definition) is 6. The summed E-state index contributed by atoms with van der Waals surface area (Å²) < 4.78 is 16.9. The summed E-state index contributed by atoms with van der Waals surface area (Å²) in [6, 6.07) is 0. The maximum atomic E-state index is 12.8. The highest BCUT2D eigenvalue weighted by Gasteiger charge is 2.19. The Morgan fingerprint density at radius 3 is 0.940 bits per heavy atom. The molecule has 0 spiro atoms. The van der Waals surface area contributed by atoms with Gasteiger partial charge in [-0.2, -0.15) is 0 Å². The minimum absolute atomic E-state index is 0.0800. The molecule has 0 aliphatic heterocycles. The van der Waals surface area contributed by atoms with Gasteiger partial charge in [-0.05, 0) is 83.5 Å². The van der Waals surface area contributed by atoms with Crippen molar-refractivity contribution in [2.45, 2.75) is 297 Å². The number of ether oxygens (including phenoxy) is 3. The molecule has 0 amide bonds. The predicted octanol–water partition coefficient (Wildman–Crippen LogP) is 19.2. The molecule has 0 aliphatic carbocycles. The van der Waals surface area contributed by atoms with Crippen molar-refractivity contribution < 1.29 is 28.6 Å². The van der Waals surface area contributed by atoms with Crippen LogP contribution in [0.2, 0.25) is 0 Å². The first-order valence-electron chi connectivity index (χ1n) is 28.8. The quantitative estimate of drug-likeness (QED) is 0.0262. The summed E-state index contributed by atoms with van der Waals surface area (Å²) in [5.74, 6) is -0.889. The van der Waals surface area contributed by atoms with E-state index >= 15 is 0 Å². The molecular weight excluding hydrogens is 829 g/mol. The van der Waals surface area contributed by atoms with Gasteiger partial charge in [-0.15, -0.1) is 0 Å². The van der Waals surface area contributed by atoms with Crippen LogP contribution in [0, 0.1) is 0 Å². The van der Waals surface area contributed by atoms with Crippen molar-refractivity contribution in [2.24, 2.45) is 0 Å². The van der Waals surface area contributed by atoms with Crippen LogP contribution in [0.4, 0.5) is 0 Å². The average Bonchev–Trinajstić information content (AvgIpc) is 3.33. The third kappa shape index (κ3) is 53.9.